The van der Waals surface area contributed by atoms with Crippen molar-refractivity contribution in [2.45, 2.75) is 6.54 Å². The molecule has 9 heteroatoms. The van der Waals surface area contributed by atoms with Crippen molar-refractivity contribution in [1.29, 1.82) is 0 Å². The van der Waals surface area contributed by atoms with Crippen molar-refractivity contribution < 1.29 is 19.1 Å². The summed E-state index contributed by atoms with van der Waals surface area (Å²) in [6.45, 7) is 0.352. The highest BCUT2D eigenvalue weighted by atomic mass is 16.5. The number of nitrogens with one attached hydrogen (secondary N) is 2. The number of esters is 1. The molecule has 32 heavy (non-hydrogen) atoms. The quantitative estimate of drug-likeness (QED) is 0.434. The molecule has 4 rings (SSSR count). The summed E-state index contributed by atoms with van der Waals surface area (Å²) < 4.78 is 11.7. The molecule has 0 atom stereocenters. The number of benzene rings is 2. The van der Waals surface area contributed by atoms with Crippen LogP contribution in [0.25, 0.3) is 11.3 Å². The van der Waals surface area contributed by atoms with E-state index < -0.39 is 5.97 Å². The van der Waals surface area contributed by atoms with Crippen molar-refractivity contribution >= 4 is 17.6 Å². The van der Waals surface area contributed by atoms with E-state index in [1.54, 1.807) is 36.2 Å². The van der Waals surface area contributed by atoms with Crippen molar-refractivity contribution in [3.8, 4) is 17.0 Å². The number of hydrogen-bond acceptors (Lipinski definition) is 6. The maximum Gasteiger partial charge on any atom is 0.338 e. The topological polar surface area (TPSA) is 111 Å². The first-order valence-electron chi connectivity index (χ1n) is 9.77. The lowest BCUT2D eigenvalue weighted by Gasteiger charge is -2.07. The summed E-state index contributed by atoms with van der Waals surface area (Å²) in [4.78, 5) is 24.6. The first-order chi connectivity index (χ1) is 15.6. The van der Waals surface area contributed by atoms with Gasteiger partial charge in [0.15, 0.2) is 0 Å². The summed E-state index contributed by atoms with van der Waals surface area (Å²) >= 11 is 0. The third-order valence-corrected chi connectivity index (χ3v) is 4.83. The molecule has 1 amide bonds. The summed E-state index contributed by atoms with van der Waals surface area (Å²) in [6.07, 6.45) is 3.23. The zero-order valence-corrected chi connectivity index (χ0v) is 17.5. The number of nitrogens with zero attached hydrogens (tertiary/aromatic N) is 3. The molecule has 0 fully saturated rings. The van der Waals surface area contributed by atoms with Gasteiger partial charge in [-0.05, 0) is 29.8 Å². The maximum atomic E-state index is 12.6. The zero-order chi connectivity index (χ0) is 22.5. The molecule has 0 bridgehead atoms. The second-order valence-corrected chi connectivity index (χ2v) is 6.93. The molecule has 0 aliphatic rings. The van der Waals surface area contributed by atoms with Gasteiger partial charge in [-0.25, -0.2) is 4.79 Å². The molecule has 4 aromatic rings. The normalized spacial score (nSPS) is 10.6. The smallest absolute Gasteiger partial charge is 0.338 e. The van der Waals surface area contributed by atoms with Crippen LogP contribution in [0.1, 0.15) is 26.4 Å². The van der Waals surface area contributed by atoms with Gasteiger partial charge in [-0.3, -0.25) is 14.6 Å². The minimum atomic E-state index is -0.410. The van der Waals surface area contributed by atoms with Gasteiger partial charge in [0.2, 0.25) is 0 Å². The number of aromatic amines is 1. The fourth-order valence-corrected chi connectivity index (χ4v) is 3.22. The van der Waals surface area contributed by atoms with Crippen LogP contribution in [0, 0.1) is 0 Å². The number of anilines is 1. The number of methoxy groups -OCH3 is 2. The first kappa shape index (κ1) is 20.9. The Kier molecular flexibility index (Phi) is 5.98. The lowest BCUT2D eigenvalue weighted by molar-refractivity contribution is 0.0599. The van der Waals surface area contributed by atoms with E-state index in [1.165, 1.54) is 13.3 Å². The van der Waals surface area contributed by atoms with E-state index in [1.807, 2.05) is 36.4 Å². The molecule has 2 aromatic heterocycles. The minimum absolute atomic E-state index is 0.312. The van der Waals surface area contributed by atoms with E-state index >= 15 is 0 Å². The molecule has 2 heterocycles. The van der Waals surface area contributed by atoms with Gasteiger partial charge in [-0.15, -0.1) is 0 Å². The molecule has 0 spiro atoms. The van der Waals surface area contributed by atoms with Crippen LogP contribution in [0.4, 0.5) is 5.69 Å². The van der Waals surface area contributed by atoms with Crippen LogP contribution in [-0.4, -0.2) is 46.1 Å². The lowest BCUT2D eigenvalue weighted by Crippen LogP contribution is -2.12. The Bertz CT molecular complexity index is 1260. The Morgan fingerprint density at radius 2 is 1.94 bits per heavy atom. The second kappa shape index (κ2) is 9.17. The molecule has 0 saturated carbocycles. The highest BCUT2D eigenvalue weighted by Crippen LogP contribution is 2.23. The molecule has 2 aromatic carbocycles. The van der Waals surface area contributed by atoms with Gasteiger partial charge in [0, 0.05) is 11.8 Å². The van der Waals surface area contributed by atoms with E-state index in [2.05, 4.69) is 20.6 Å². The van der Waals surface area contributed by atoms with Crippen molar-refractivity contribution in [2.75, 3.05) is 19.5 Å². The van der Waals surface area contributed by atoms with E-state index in [0.29, 0.717) is 34.9 Å². The molecule has 0 aliphatic carbocycles. The molecule has 0 aliphatic heterocycles. The Morgan fingerprint density at radius 3 is 2.75 bits per heavy atom. The highest BCUT2D eigenvalue weighted by molar-refractivity contribution is 6.03. The van der Waals surface area contributed by atoms with Crippen molar-refractivity contribution in [3.63, 3.8) is 0 Å². The fourth-order valence-electron chi connectivity index (χ4n) is 3.22. The van der Waals surface area contributed by atoms with Crippen molar-refractivity contribution in [1.82, 2.24) is 20.0 Å². The predicted molar refractivity (Wildman–Crippen MR) is 118 cm³/mol. The van der Waals surface area contributed by atoms with E-state index in [9.17, 15) is 9.59 Å². The summed E-state index contributed by atoms with van der Waals surface area (Å²) in [5.74, 6) is -0.0498. The number of carbonyl (C=O) groups is 2. The Hall–Kier alpha value is -4.40. The van der Waals surface area contributed by atoms with Gasteiger partial charge in [0.05, 0.1) is 43.9 Å². The molecule has 0 saturated heterocycles. The number of rotatable bonds is 7. The number of aromatic nitrogens is 4. The molecule has 0 radical (unpaired) electrons. The Balaban J connectivity index is 1.45. The van der Waals surface area contributed by atoms with Crippen LogP contribution in [0.15, 0.2) is 67.0 Å². The largest absolute Gasteiger partial charge is 0.497 e. The molecular weight excluding hydrogens is 410 g/mol. The summed E-state index contributed by atoms with van der Waals surface area (Å²) in [5.41, 5.74) is 3.52. The lowest BCUT2D eigenvalue weighted by atomic mass is 10.1. The first-order valence-corrected chi connectivity index (χ1v) is 9.77. The van der Waals surface area contributed by atoms with Crippen molar-refractivity contribution in [2.24, 2.45) is 0 Å². The van der Waals surface area contributed by atoms with Gasteiger partial charge in [0.25, 0.3) is 5.91 Å². The second-order valence-electron chi connectivity index (χ2n) is 6.93. The number of hydrogen-bond donors (Lipinski definition) is 2. The van der Waals surface area contributed by atoms with Gasteiger partial charge in [-0.2, -0.15) is 10.2 Å². The Morgan fingerprint density at radius 1 is 1.09 bits per heavy atom. The molecule has 9 nitrogen and oxygen atoms in total. The van der Waals surface area contributed by atoms with E-state index in [0.717, 1.165) is 11.1 Å². The number of ether oxygens (including phenoxy) is 2. The number of amides is 1. The molecule has 162 valence electrons. The van der Waals surface area contributed by atoms with Crippen LogP contribution < -0.4 is 10.1 Å². The van der Waals surface area contributed by atoms with Crippen molar-refractivity contribution in [3.05, 3.63) is 83.8 Å². The van der Waals surface area contributed by atoms with Crippen LogP contribution in [0.3, 0.4) is 0 Å². The third kappa shape index (κ3) is 4.51. The van der Waals surface area contributed by atoms with Crippen LogP contribution in [0.2, 0.25) is 0 Å². The third-order valence-electron chi connectivity index (χ3n) is 4.83. The molecule has 2 N–H and O–H groups in total. The molecular formula is C23H21N5O4. The van der Waals surface area contributed by atoms with Gasteiger partial charge >= 0.3 is 5.97 Å². The van der Waals surface area contributed by atoms with Crippen LogP contribution in [-0.2, 0) is 11.3 Å². The predicted octanol–water partition coefficient (Wildman–Crippen LogP) is 3.37. The summed E-state index contributed by atoms with van der Waals surface area (Å²) in [5, 5.41) is 14.0. The van der Waals surface area contributed by atoms with Gasteiger partial charge in [0.1, 0.15) is 11.4 Å². The van der Waals surface area contributed by atoms with E-state index in [4.69, 9.17) is 9.47 Å². The summed E-state index contributed by atoms with van der Waals surface area (Å²) in [6, 6.07) is 16.2. The average molecular weight is 431 g/mol. The zero-order valence-electron chi connectivity index (χ0n) is 17.5. The van der Waals surface area contributed by atoms with Gasteiger partial charge < -0.3 is 14.8 Å². The van der Waals surface area contributed by atoms with Crippen LogP contribution >= 0.6 is 0 Å². The average Bonchev–Trinajstić information content (AvgIpc) is 3.49. The van der Waals surface area contributed by atoms with E-state index in [-0.39, 0.29) is 5.91 Å². The molecule has 0 unspecified atom stereocenters. The van der Waals surface area contributed by atoms with Crippen LogP contribution in [0.5, 0.6) is 5.75 Å². The highest BCUT2D eigenvalue weighted by Gasteiger charge is 2.14. The maximum absolute atomic E-state index is 12.6. The Labute approximate surface area is 184 Å². The fraction of sp³-hybridized carbons (Fsp3) is 0.130. The SMILES string of the molecule is COC(=O)c1ccccc1Cn1cc(NC(=O)c2cc(-c3cccc(OC)c3)n[nH]2)cn1. The summed E-state index contributed by atoms with van der Waals surface area (Å²) in [7, 11) is 2.94. The standard InChI is InChI=1S/C23H21N5O4/c1-31-18-8-5-7-15(10-18)20-11-21(27-26-20)22(29)25-17-12-24-28(14-17)13-16-6-3-4-9-19(16)23(30)32-2/h3-12,14H,13H2,1-2H3,(H,25,29)(H,26,27). The minimum Gasteiger partial charge on any atom is -0.497 e. The number of H-pyrrole nitrogens is 1. The monoisotopic (exact) mass is 431 g/mol. The van der Waals surface area contributed by atoms with Gasteiger partial charge in [-0.1, -0.05) is 30.3 Å². The number of carbonyl (C=O) groups excluding carboxylic acids is 2.